The molecule has 0 bridgehead atoms. The van der Waals surface area contributed by atoms with Crippen molar-refractivity contribution in [1.29, 1.82) is 0 Å². The van der Waals surface area contributed by atoms with Gasteiger partial charge < -0.3 is 4.74 Å². The van der Waals surface area contributed by atoms with Crippen molar-refractivity contribution >= 4 is 21.5 Å². The van der Waals surface area contributed by atoms with Crippen LogP contribution < -0.4 is 4.74 Å². The lowest BCUT2D eigenvalue weighted by atomic mass is 9.76. The molecule has 5 rings (SSSR count). The van der Waals surface area contributed by atoms with Crippen LogP contribution in [0.5, 0.6) is 11.5 Å². The lowest BCUT2D eigenvalue weighted by Crippen LogP contribution is -2.16. The fraction of sp³-hybridized carbons (Fsp3) is 0.167. The summed E-state index contributed by atoms with van der Waals surface area (Å²) < 4.78 is 6.37. The predicted molar refractivity (Wildman–Crippen MR) is 105 cm³/mol. The minimum absolute atomic E-state index is 0.330. The second-order valence-corrected chi connectivity index (χ2v) is 7.22. The second-order valence-electron chi connectivity index (χ2n) is 7.22. The quantitative estimate of drug-likeness (QED) is 0.370. The van der Waals surface area contributed by atoms with Gasteiger partial charge in [-0.05, 0) is 39.6 Å². The van der Waals surface area contributed by atoms with E-state index in [9.17, 15) is 0 Å². The monoisotopic (exact) mass is 324 g/mol. The van der Waals surface area contributed by atoms with Crippen LogP contribution in [0.2, 0.25) is 0 Å². The largest absolute Gasteiger partial charge is 0.457 e. The highest BCUT2D eigenvalue weighted by atomic mass is 16.5. The number of ether oxygens (including phenoxy) is 1. The molecule has 0 saturated heterocycles. The Morgan fingerprint density at radius 2 is 1.12 bits per heavy atom. The third-order valence-electron chi connectivity index (χ3n) is 5.37. The van der Waals surface area contributed by atoms with Crippen LogP contribution in [0.25, 0.3) is 21.5 Å². The molecule has 0 fully saturated rings. The number of hydrogen-bond acceptors (Lipinski definition) is 1. The van der Waals surface area contributed by atoms with Crippen molar-refractivity contribution in [3.8, 4) is 11.5 Å². The van der Waals surface area contributed by atoms with Gasteiger partial charge in [0.15, 0.2) is 0 Å². The molecule has 4 aromatic rings. The Hall–Kier alpha value is -2.80. The molecule has 0 atom stereocenters. The van der Waals surface area contributed by atoms with Gasteiger partial charge in [-0.25, -0.2) is 0 Å². The molecule has 1 aliphatic heterocycles. The molecule has 4 aromatic carbocycles. The van der Waals surface area contributed by atoms with Crippen LogP contribution in [0.4, 0.5) is 0 Å². The molecule has 1 heteroatoms. The van der Waals surface area contributed by atoms with E-state index in [4.69, 9.17) is 4.74 Å². The minimum Gasteiger partial charge on any atom is -0.457 e. The summed E-state index contributed by atoms with van der Waals surface area (Å²) >= 11 is 0. The van der Waals surface area contributed by atoms with Crippen LogP contribution in [0.1, 0.15) is 30.9 Å². The maximum Gasteiger partial charge on any atom is 0.131 e. The maximum atomic E-state index is 6.37. The van der Waals surface area contributed by atoms with Crippen LogP contribution >= 0.6 is 0 Å². The highest BCUT2D eigenvalue weighted by molar-refractivity contribution is 5.94. The average molecular weight is 324 g/mol. The summed E-state index contributed by atoms with van der Waals surface area (Å²) in [6.45, 7) is 4.63. The summed E-state index contributed by atoms with van der Waals surface area (Å²) in [7, 11) is 0. The SMILES string of the molecule is CC(C)C1c2c(ccc3ccccc23)Oc2ccc3ccccc3c21. The van der Waals surface area contributed by atoms with Gasteiger partial charge in [-0.2, -0.15) is 0 Å². The fourth-order valence-electron chi connectivity index (χ4n) is 4.30. The predicted octanol–water partition coefficient (Wildman–Crippen LogP) is 6.89. The Morgan fingerprint density at radius 3 is 1.60 bits per heavy atom. The minimum atomic E-state index is 0.330. The molecule has 1 aliphatic rings. The summed E-state index contributed by atoms with van der Waals surface area (Å²) in [5, 5.41) is 5.16. The van der Waals surface area contributed by atoms with Gasteiger partial charge in [-0.1, -0.05) is 74.5 Å². The molecule has 25 heavy (non-hydrogen) atoms. The van der Waals surface area contributed by atoms with E-state index < -0.39 is 0 Å². The molecule has 0 unspecified atom stereocenters. The zero-order valence-electron chi connectivity index (χ0n) is 14.5. The molecule has 0 radical (unpaired) electrons. The van der Waals surface area contributed by atoms with Gasteiger partial charge in [0.1, 0.15) is 11.5 Å². The fourth-order valence-corrected chi connectivity index (χ4v) is 4.30. The van der Waals surface area contributed by atoms with Crippen LogP contribution in [-0.4, -0.2) is 0 Å². The Morgan fingerprint density at radius 1 is 0.640 bits per heavy atom. The number of fused-ring (bicyclic) bond motifs is 6. The molecular formula is C24H20O. The molecule has 0 amide bonds. The van der Waals surface area contributed by atoms with Crippen LogP contribution in [-0.2, 0) is 0 Å². The van der Waals surface area contributed by atoms with E-state index in [-0.39, 0.29) is 0 Å². The first kappa shape index (κ1) is 14.5. The standard InChI is InChI=1S/C24H20O/c1-15(2)22-23-18-9-5-3-7-16(18)11-13-20(23)25-21-14-12-17-8-4-6-10-19(17)24(21)22/h3-15,22H,1-2H3. The molecule has 1 heterocycles. The van der Waals surface area contributed by atoms with Crippen molar-refractivity contribution in [1.82, 2.24) is 0 Å². The third kappa shape index (κ3) is 2.09. The second kappa shape index (κ2) is 5.35. The van der Waals surface area contributed by atoms with Crippen molar-refractivity contribution in [2.75, 3.05) is 0 Å². The topological polar surface area (TPSA) is 9.23 Å². The van der Waals surface area contributed by atoms with E-state index >= 15 is 0 Å². The molecule has 0 N–H and O–H groups in total. The van der Waals surface area contributed by atoms with Gasteiger partial charge >= 0.3 is 0 Å². The summed E-state index contributed by atoms with van der Waals surface area (Å²) in [6, 6.07) is 25.9. The van der Waals surface area contributed by atoms with E-state index in [1.54, 1.807) is 0 Å². The smallest absolute Gasteiger partial charge is 0.131 e. The Labute approximate surface area is 147 Å². The van der Waals surface area contributed by atoms with Gasteiger partial charge in [0.2, 0.25) is 0 Å². The molecule has 0 aromatic heterocycles. The zero-order valence-corrected chi connectivity index (χ0v) is 14.5. The van der Waals surface area contributed by atoms with Gasteiger partial charge in [-0.15, -0.1) is 0 Å². The van der Waals surface area contributed by atoms with E-state index in [1.165, 1.54) is 32.7 Å². The number of rotatable bonds is 1. The summed E-state index contributed by atoms with van der Waals surface area (Å²) in [6.07, 6.45) is 0. The van der Waals surface area contributed by atoms with Crippen molar-refractivity contribution in [2.24, 2.45) is 5.92 Å². The van der Waals surface area contributed by atoms with Crippen LogP contribution in [0.3, 0.4) is 0 Å². The molecule has 0 saturated carbocycles. The molecular weight excluding hydrogens is 304 g/mol. The third-order valence-corrected chi connectivity index (χ3v) is 5.37. The van der Waals surface area contributed by atoms with Gasteiger partial charge in [-0.3, -0.25) is 0 Å². The van der Waals surface area contributed by atoms with Crippen molar-refractivity contribution in [2.45, 2.75) is 19.8 Å². The Balaban J connectivity index is 1.90. The first-order valence-electron chi connectivity index (χ1n) is 8.95. The van der Waals surface area contributed by atoms with E-state index in [2.05, 4.69) is 86.6 Å². The molecule has 0 spiro atoms. The van der Waals surface area contributed by atoms with Gasteiger partial charge in [0.05, 0.1) is 0 Å². The Kier molecular flexibility index (Phi) is 3.11. The van der Waals surface area contributed by atoms with E-state index in [1.807, 2.05) is 0 Å². The average Bonchev–Trinajstić information content (AvgIpc) is 2.65. The van der Waals surface area contributed by atoms with Crippen LogP contribution in [0.15, 0.2) is 72.8 Å². The van der Waals surface area contributed by atoms with Gasteiger partial charge in [0.25, 0.3) is 0 Å². The normalized spacial score (nSPS) is 13.7. The highest BCUT2D eigenvalue weighted by Gasteiger charge is 2.32. The lowest BCUT2D eigenvalue weighted by molar-refractivity contribution is 0.424. The molecule has 0 aliphatic carbocycles. The van der Waals surface area contributed by atoms with Crippen molar-refractivity contribution in [3.63, 3.8) is 0 Å². The molecule has 1 nitrogen and oxygen atoms in total. The Bertz CT molecular complexity index is 1020. The molecule has 122 valence electrons. The summed E-state index contributed by atoms with van der Waals surface area (Å²) in [5.41, 5.74) is 2.66. The highest BCUT2D eigenvalue weighted by Crippen LogP contribution is 2.52. The number of benzene rings is 4. The lowest BCUT2D eigenvalue weighted by Gasteiger charge is -2.33. The van der Waals surface area contributed by atoms with Crippen molar-refractivity contribution < 1.29 is 4.74 Å². The van der Waals surface area contributed by atoms with Crippen molar-refractivity contribution in [3.05, 3.63) is 83.9 Å². The summed E-state index contributed by atoms with van der Waals surface area (Å²) in [4.78, 5) is 0. The van der Waals surface area contributed by atoms with E-state index in [0.717, 1.165) is 11.5 Å². The number of hydrogen-bond donors (Lipinski definition) is 0. The maximum absolute atomic E-state index is 6.37. The first-order chi connectivity index (χ1) is 12.2. The summed E-state index contributed by atoms with van der Waals surface area (Å²) in [5.74, 6) is 2.81. The van der Waals surface area contributed by atoms with E-state index in [0.29, 0.717) is 11.8 Å². The first-order valence-corrected chi connectivity index (χ1v) is 8.95. The van der Waals surface area contributed by atoms with Crippen LogP contribution in [0, 0.1) is 5.92 Å². The van der Waals surface area contributed by atoms with Gasteiger partial charge in [0, 0.05) is 17.0 Å². The zero-order chi connectivity index (χ0) is 17.0.